The summed E-state index contributed by atoms with van der Waals surface area (Å²) in [4.78, 5) is 30.3. The molecule has 1 aliphatic heterocycles. The Morgan fingerprint density at radius 3 is 2.52 bits per heavy atom. The van der Waals surface area contributed by atoms with E-state index >= 15 is 0 Å². The van der Waals surface area contributed by atoms with Crippen molar-refractivity contribution in [3.63, 3.8) is 0 Å². The molecule has 0 unspecified atom stereocenters. The van der Waals surface area contributed by atoms with Crippen LogP contribution in [0.1, 0.15) is 53.8 Å². The molecule has 1 aromatic heterocycles. The molecule has 5 heteroatoms. The van der Waals surface area contributed by atoms with Crippen LogP contribution in [0.3, 0.4) is 0 Å². The zero-order chi connectivity index (χ0) is 15.2. The van der Waals surface area contributed by atoms with Gasteiger partial charge in [-0.2, -0.15) is 0 Å². The number of rotatable bonds is 4. The fraction of sp³-hybridized carbons (Fsp3) is 0.562. The van der Waals surface area contributed by atoms with Gasteiger partial charge in [-0.3, -0.25) is 14.6 Å². The molecule has 0 radical (unpaired) electrons. The van der Waals surface area contributed by atoms with Crippen molar-refractivity contribution in [2.24, 2.45) is 5.92 Å². The van der Waals surface area contributed by atoms with Crippen molar-refractivity contribution < 1.29 is 9.59 Å². The minimum atomic E-state index is -0.176. The van der Waals surface area contributed by atoms with Crippen LogP contribution < -0.4 is 5.32 Å². The van der Waals surface area contributed by atoms with E-state index in [-0.39, 0.29) is 11.8 Å². The van der Waals surface area contributed by atoms with E-state index in [0.717, 1.165) is 25.9 Å². The summed E-state index contributed by atoms with van der Waals surface area (Å²) in [7, 11) is 0. The topological polar surface area (TPSA) is 62.3 Å². The van der Waals surface area contributed by atoms with Crippen molar-refractivity contribution in [1.82, 2.24) is 15.2 Å². The molecule has 21 heavy (non-hydrogen) atoms. The van der Waals surface area contributed by atoms with E-state index in [1.165, 1.54) is 18.8 Å². The van der Waals surface area contributed by atoms with E-state index in [0.29, 0.717) is 23.6 Å². The molecule has 1 aromatic rings. The molecule has 114 valence electrons. The molecule has 0 bridgehead atoms. The summed E-state index contributed by atoms with van der Waals surface area (Å²) in [6, 6.07) is 1.64. The third-order valence-electron chi connectivity index (χ3n) is 3.56. The fourth-order valence-corrected chi connectivity index (χ4v) is 2.36. The molecule has 0 saturated carbocycles. The van der Waals surface area contributed by atoms with Gasteiger partial charge in [0.15, 0.2) is 0 Å². The smallest absolute Gasteiger partial charge is 0.255 e. The van der Waals surface area contributed by atoms with E-state index in [1.54, 1.807) is 6.07 Å². The Balaban J connectivity index is 2.06. The van der Waals surface area contributed by atoms with Crippen LogP contribution >= 0.6 is 0 Å². The van der Waals surface area contributed by atoms with E-state index in [9.17, 15) is 9.59 Å². The van der Waals surface area contributed by atoms with Crippen LogP contribution in [-0.4, -0.2) is 41.3 Å². The van der Waals surface area contributed by atoms with Crippen molar-refractivity contribution in [2.45, 2.75) is 33.1 Å². The highest BCUT2D eigenvalue weighted by molar-refractivity contribution is 5.99. The van der Waals surface area contributed by atoms with E-state index in [4.69, 9.17) is 0 Å². The molecule has 1 aliphatic rings. The van der Waals surface area contributed by atoms with Crippen LogP contribution in [-0.2, 0) is 0 Å². The minimum absolute atomic E-state index is 0.0271. The first kappa shape index (κ1) is 15.5. The van der Waals surface area contributed by atoms with Gasteiger partial charge in [0.1, 0.15) is 0 Å². The Morgan fingerprint density at radius 2 is 1.86 bits per heavy atom. The zero-order valence-electron chi connectivity index (χ0n) is 12.8. The Hall–Kier alpha value is -1.91. The van der Waals surface area contributed by atoms with Gasteiger partial charge in [0.2, 0.25) is 0 Å². The Morgan fingerprint density at radius 1 is 1.19 bits per heavy atom. The number of hydrogen-bond acceptors (Lipinski definition) is 3. The summed E-state index contributed by atoms with van der Waals surface area (Å²) in [6.07, 6.45) is 6.32. The number of likely N-dealkylation sites (tertiary alicyclic amines) is 1. The van der Waals surface area contributed by atoms with Gasteiger partial charge in [0.05, 0.1) is 11.1 Å². The van der Waals surface area contributed by atoms with Crippen LogP contribution in [0.2, 0.25) is 0 Å². The first-order valence-corrected chi connectivity index (χ1v) is 7.60. The number of nitrogens with one attached hydrogen (secondary N) is 1. The standard InChI is InChI=1S/C16H23N3O2/c1-12(2)9-18-15(20)13-8-14(11-17-10-13)16(21)19-6-4-3-5-7-19/h8,10-12H,3-7,9H2,1-2H3,(H,18,20). The molecule has 1 saturated heterocycles. The molecule has 1 fully saturated rings. The number of hydrogen-bond donors (Lipinski definition) is 1. The van der Waals surface area contributed by atoms with Gasteiger partial charge in [-0.25, -0.2) is 0 Å². The third-order valence-corrected chi connectivity index (χ3v) is 3.56. The Labute approximate surface area is 125 Å². The molecular weight excluding hydrogens is 266 g/mol. The van der Waals surface area contributed by atoms with Crippen molar-refractivity contribution in [3.8, 4) is 0 Å². The lowest BCUT2D eigenvalue weighted by Crippen LogP contribution is -2.36. The monoisotopic (exact) mass is 289 g/mol. The number of amides is 2. The second kappa shape index (κ2) is 7.20. The lowest BCUT2D eigenvalue weighted by atomic mass is 10.1. The number of pyridine rings is 1. The van der Waals surface area contributed by atoms with E-state index in [2.05, 4.69) is 10.3 Å². The number of aromatic nitrogens is 1. The maximum absolute atomic E-state index is 12.4. The number of carbonyl (C=O) groups is 2. The lowest BCUT2D eigenvalue weighted by molar-refractivity contribution is 0.0724. The fourth-order valence-electron chi connectivity index (χ4n) is 2.36. The molecule has 2 rings (SSSR count). The maximum Gasteiger partial charge on any atom is 0.255 e. The van der Waals surface area contributed by atoms with Crippen molar-refractivity contribution in [2.75, 3.05) is 19.6 Å². The summed E-state index contributed by atoms with van der Waals surface area (Å²) in [5.41, 5.74) is 0.938. The average molecular weight is 289 g/mol. The van der Waals surface area contributed by atoms with Crippen molar-refractivity contribution in [1.29, 1.82) is 0 Å². The number of piperidine rings is 1. The summed E-state index contributed by atoms with van der Waals surface area (Å²) in [6.45, 7) is 6.28. The van der Waals surface area contributed by atoms with Crippen LogP contribution in [0.25, 0.3) is 0 Å². The van der Waals surface area contributed by atoms with E-state index in [1.807, 2.05) is 18.7 Å². The third kappa shape index (κ3) is 4.28. The van der Waals surface area contributed by atoms with Gasteiger partial charge >= 0.3 is 0 Å². The molecule has 5 nitrogen and oxygen atoms in total. The van der Waals surface area contributed by atoms with Gasteiger partial charge in [0.25, 0.3) is 11.8 Å². The summed E-state index contributed by atoms with van der Waals surface area (Å²) < 4.78 is 0. The SMILES string of the molecule is CC(C)CNC(=O)c1cncc(C(=O)N2CCCCC2)c1. The molecule has 0 spiro atoms. The first-order chi connectivity index (χ1) is 10.1. The molecule has 2 amide bonds. The lowest BCUT2D eigenvalue weighted by Gasteiger charge is -2.26. The molecule has 0 aromatic carbocycles. The maximum atomic E-state index is 12.4. The molecule has 1 N–H and O–H groups in total. The first-order valence-electron chi connectivity index (χ1n) is 7.60. The van der Waals surface area contributed by atoms with Gasteiger partial charge in [-0.05, 0) is 31.2 Å². The highest BCUT2D eigenvalue weighted by Crippen LogP contribution is 2.13. The van der Waals surface area contributed by atoms with Crippen LogP contribution in [0, 0.1) is 5.92 Å². The Bertz CT molecular complexity index is 508. The van der Waals surface area contributed by atoms with Crippen LogP contribution in [0.5, 0.6) is 0 Å². The van der Waals surface area contributed by atoms with Crippen molar-refractivity contribution in [3.05, 3.63) is 29.6 Å². The predicted molar refractivity (Wildman–Crippen MR) is 81.2 cm³/mol. The minimum Gasteiger partial charge on any atom is -0.352 e. The quantitative estimate of drug-likeness (QED) is 0.923. The second-order valence-electron chi connectivity index (χ2n) is 5.92. The molecule has 0 aliphatic carbocycles. The zero-order valence-corrected chi connectivity index (χ0v) is 12.8. The highest BCUT2D eigenvalue weighted by atomic mass is 16.2. The molecule has 0 atom stereocenters. The summed E-state index contributed by atoms with van der Waals surface area (Å²) >= 11 is 0. The van der Waals surface area contributed by atoms with Gasteiger partial charge in [-0.15, -0.1) is 0 Å². The van der Waals surface area contributed by atoms with E-state index < -0.39 is 0 Å². The molecule has 2 heterocycles. The normalized spacial score (nSPS) is 15.1. The Kier molecular flexibility index (Phi) is 5.31. The summed E-state index contributed by atoms with van der Waals surface area (Å²) in [5.74, 6) is 0.185. The number of nitrogens with zero attached hydrogens (tertiary/aromatic N) is 2. The largest absolute Gasteiger partial charge is 0.352 e. The van der Waals surface area contributed by atoms with Gasteiger partial charge in [0, 0.05) is 32.0 Å². The second-order valence-corrected chi connectivity index (χ2v) is 5.92. The highest BCUT2D eigenvalue weighted by Gasteiger charge is 2.19. The number of carbonyl (C=O) groups excluding carboxylic acids is 2. The van der Waals surface area contributed by atoms with Crippen molar-refractivity contribution >= 4 is 11.8 Å². The predicted octanol–water partition coefficient (Wildman–Crippen LogP) is 2.09. The molecular formula is C16H23N3O2. The van der Waals surface area contributed by atoms with Gasteiger partial charge < -0.3 is 10.2 Å². The summed E-state index contributed by atoms with van der Waals surface area (Å²) in [5, 5.41) is 2.84. The van der Waals surface area contributed by atoms with Crippen LogP contribution in [0.4, 0.5) is 0 Å². The average Bonchev–Trinajstić information content (AvgIpc) is 2.52. The van der Waals surface area contributed by atoms with Crippen LogP contribution in [0.15, 0.2) is 18.5 Å². The van der Waals surface area contributed by atoms with Gasteiger partial charge in [-0.1, -0.05) is 13.8 Å².